The highest BCUT2D eigenvalue weighted by molar-refractivity contribution is 5.91. The third-order valence-corrected chi connectivity index (χ3v) is 3.50. The standard InChI is InChI=1S/C14H18N4/c1-2-18(8-10-3-4-10)14-12-6-5-11(15)7-13(12)16-9-17-14/h5-7,9-10H,2-4,8,15H2,1H3. The quantitative estimate of drug-likeness (QED) is 0.837. The van der Waals surface area contributed by atoms with Gasteiger partial charge in [0.2, 0.25) is 0 Å². The zero-order valence-corrected chi connectivity index (χ0v) is 10.6. The number of hydrogen-bond donors (Lipinski definition) is 1. The van der Waals surface area contributed by atoms with Crippen molar-refractivity contribution < 1.29 is 0 Å². The van der Waals surface area contributed by atoms with Gasteiger partial charge in [-0.05, 0) is 43.9 Å². The maximum atomic E-state index is 5.80. The third-order valence-electron chi connectivity index (χ3n) is 3.50. The predicted octanol–water partition coefficient (Wildman–Crippen LogP) is 2.45. The van der Waals surface area contributed by atoms with Crippen LogP contribution in [0.15, 0.2) is 24.5 Å². The predicted molar refractivity (Wildman–Crippen MR) is 74.6 cm³/mol. The summed E-state index contributed by atoms with van der Waals surface area (Å²) in [5.74, 6) is 1.89. The minimum absolute atomic E-state index is 0.748. The summed E-state index contributed by atoms with van der Waals surface area (Å²) in [6.45, 7) is 4.26. The van der Waals surface area contributed by atoms with E-state index in [0.29, 0.717) is 0 Å². The van der Waals surface area contributed by atoms with Gasteiger partial charge in [-0.1, -0.05) is 0 Å². The molecule has 2 aromatic rings. The van der Waals surface area contributed by atoms with Crippen molar-refractivity contribution in [1.82, 2.24) is 9.97 Å². The summed E-state index contributed by atoms with van der Waals surface area (Å²) in [6, 6.07) is 5.85. The highest BCUT2D eigenvalue weighted by Gasteiger charge is 2.25. The highest BCUT2D eigenvalue weighted by atomic mass is 15.2. The number of benzene rings is 1. The van der Waals surface area contributed by atoms with Gasteiger partial charge in [0.05, 0.1) is 5.52 Å². The Morgan fingerprint density at radius 1 is 1.33 bits per heavy atom. The molecule has 2 N–H and O–H groups in total. The van der Waals surface area contributed by atoms with Gasteiger partial charge in [0.15, 0.2) is 0 Å². The monoisotopic (exact) mass is 242 g/mol. The van der Waals surface area contributed by atoms with Gasteiger partial charge in [-0.25, -0.2) is 9.97 Å². The molecule has 0 spiro atoms. The van der Waals surface area contributed by atoms with Crippen LogP contribution in [0.1, 0.15) is 19.8 Å². The van der Waals surface area contributed by atoms with Gasteiger partial charge in [0.1, 0.15) is 12.1 Å². The molecule has 0 atom stereocenters. The average Bonchev–Trinajstić information content (AvgIpc) is 3.19. The van der Waals surface area contributed by atoms with Crippen LogP contribution in [0.4, 0.5) is 11.5 Å². The topological polar surface area (TPSA) is 55.0 Å². The average molecular weight is 242 g/mol. The van der Waals surface area contributed by atoms with Crippen molar-refractivity contribution in [2.24, 2.45) is 5.92 Å². The van der Waals surface area contributed by atoms with Crippen molar-refractivity contribution >= 4 is 22.4 Å². The van der Waals surface area contributed by atoms with Crippen LogP contribution in [-0.4, -0.2) is 23.1 Å². The second-order valence-electron chi connectivity index (χ2n) is 4.96. The molecule has 0 bridgehead atoms. The Bertz CT molecular complexity index is 563. The van der Waals surface area contributed by atoms with Crippen LogP contribution >= 0.6 is 0 Å². The van der Waals surface area contributed by atoms with Crippen molar-refractivity contribution in [2.75, 3.05) is 23.7 Å². The summed E-state index contributed by atoms with van der Waals surface area (Å²) < 4.78 is 0. The van der Waals surface area contributed by atoms with Crippen molar-refractivity contribution in [1.29, 1.82) is 0 Å². The van der Waals surface area contributed by atoms with E-state index in [4.69, 9.17) is 5.73 Å². The van der Waals surface area contributed by atoms with Crippen LogP contribution in [-0.2, 0) is 0 Å². The van der Waals surface area contributed by atoms with E-state index < -0.39 is 0 Å². The van der Waals surface area contributed by atoms with E-state index in [1.165, 1.54) is 12.8 Å². The molecule has 1 saturated carbocycles. The molecule has 0 aliphatic heterocycles. The normalized spacial score (nSPS) is 14.9. The zero-order chi connectivity index (χ0) is 12.5. The number of nitrogens with zero attached hydrogens (tertiary/aromatic N) is 3. The molecule has 0 saturated heterocycles. The lowest BCUT2D eigenvalue weighted by Gasteiger charge is -2.23. The van der Waals surface area contributed by atoms with E-state index in [9.17, 15) is 0 Å². The molecular formula is C14H18N4. The number of hydrogen-bond acceptors (Lipinski definition) is 4. The fourth-order valence-electron chi connectivity index (χ4n) is 2.29. The van der Waals surface area contributed by atoms with Gasteiger partial charge in [-0.3, -0.25) is 0 Å². The van der Waals surface area contributed by atoms with Crippen molar-refractivity contribution in [3.05, 3.63) is 24.5 Å². The molecule has 4 heteroatoms. The van der Waals surface area contributed by atoms with E-state index in [1.54, 1.807) is 6.33 Å². The molecule has 1 aromatic heterocycles. The summed E-state index contributed by atoms with van der Waals surface area (Å²) in [4.78, 5) is 11.1. The Balaban J connectivity index is 2.03. The first-order chi connectivity index (χ1) is 8.78. The Hall–Kier alpha value is -1.84. The molecule has 1 aliphatic carbocycles. The van der Waals surface area contributed by atoms with Crippen LogP contribution in [0.2, 0.25) is 0 Å². The Morgan fingerprint density at radius 2 is 2.17 bits per heavy atom. The number of anilines is 2. The first-order valence-corrected chi connectivity index (χ1v) is 6.53. The number of nitrogens with two attached hydrogens (primary N) is 1. The van der Waals surface area contributed by atoms with Crippen molar-refractivity contribution in [3.63, 3.8) is 0 Å². The summed E-state index contributed by atoms with van der Waals surface area (Å²) in [5, 5.41) is 1.09. The Morgan fingerprint density at radius 3 is 2.89 bits per heavy atom. The molecule has 1 fully saturated rings. The maximum absolute atomic E-state index is 5.80. The SMILES string of the molecule is CCN(CC1CC1)c1ncnc2cc(N)ccc12. The van der Waals surface area contributed by atoms with E-state index in [1.807, 2.05) is 18.2 Å². The third kappa shape index (κ3) is 2.10. The summed E-state index contributed by atoms with van der Waals surface area (Å²) >= 11 is 0. The minimum Gasteiger partial charge on any atom is -0.399 e. The molecule has 1 aliphatic rings. The van der Waals surface area contributed by atoms with Gasteiger partial charge < -0.3 is 10.6 Å². The second kappa shape index (κ2) is 4.44. The molecule has 1 aromatic carbocycles. The molecule has 3 rings (SSSR count). The fraction of sp³-hybridized carbons (Fsp3) is 0.429. The molecule has 0 unspecified atom stereocenters. The van der Waals surface area contributed by atoms with E-state index in [0.717, 1.165) is 41.4 Å². The van der Waals surface area contributed by atoms with Gasteiger partial charge in [-0.2, -0.15) is 0 Å². The van der Waals surface area contributed by atoms with Gasteiger partial charge in [0, 0.05) is 24.2 Å². The molecule has 94 valence electrons. The fourth-order valence-corrected chi connectivity index (χ4v) is 2.29. The van der Waals surface area contributed by atoms with E-state index in [2.05, 4.69) is 21.8 Å². The largest absolute Gasteiger partial charge is 0.399 e. The molecule has 1 heterocycles. The molecule has 0 radical (unpaired) electrons. The van der Waals surface area contributed by atoms with Gasteiger partial charge >= 0.3 is 0 Å². The highest BCUT2D eigenvalue weighted by Crippen LogP contribution is 2.32. The van der Waals surface area contributed by atoms with Gasteiger partial charge in [-0.15, -0.1) is 0 Å². The van der Waals surface area contributed by atoms with Gasteiger partial charge in [0.25, 0.3) is 0 Å². The lowest BCUT2D eigenvalue weighted by molar-refractivity contribution is 0.734. The summed E-state index contributed by atoms with van der Waals surface area (Å²) in [7, 11) is 0. The van der Waals surface area contributed by atoms with Crippen molar-refractivity contribution in [2.45, 2.75) is 19.8 Å². The number of fused-ring (bicyclic) bond motifs is 1. The minimum atomic E-state index is 0.748. The Kier molecular flexibility index (Phi) is 2.78. The second-order valence-corrected chi connectivity index (χ2v) is 4.96. The van der Waals surface area contributed by atoms with Crippen LogP contribution in [0.25, 0.3) is 10.9 Å². The van der Waals surface area contributed by atoms with Crippen LogP contribution in [0.5, 0.6) is 0 Å². The van der Waals surface area contributed by atoms with Crippen LogP contribution < -0.4 is 10.6 Å². The lowest BCUT2D eigenvalue weighted by Crippen LogP contribution is -2.26. The van der Waals surface area contributed by atoms with E-state index in [-0.39, 0.29) is 0 Å². The molecule has 4 nitrogen and oxygen atoms in total. The smallest absolute Gasteiger partial charge is 0.139 e. The number of aromatic nitrogens is 2. The first kappa shape index (κ1) is 11.3. The zero-order valence-electron chi connectivity index (χ0n) is 10.6. The molecular weight excluding hydrogens is 224 g/mol. The number of rotatable bonds is 4. The molecule has 0 amide bonds. The lowest BCUT2D eigenvalue weighted by atomic mass is 10.2. The van der Waals surface area contributed by atoms with Crippen LogP contribution in [0.3, 0.4) is 0 Å². The number of nitrogen functional groups attached to an aromatic ring is 1. The maximum Gasteiger partial charge on any atom is 0.139 e. The first-order valence-electron chi connectivity index (χ1n) is 6.53. The van der Waals surface area contributed by atoms with E-state index >= 15 is 0 Å². The summed E-state index contributed by atoms with van der Waals surface area (Å²) in [5.41, 5.74) is 7.47. The molecule has 18 heavy (non-hydrogen) atoms. The van der Waals surface area contributed by atoms with Crippen LogP contribution in [0, 0.1) is 5.92 Å². The Labute approximate surface area is 107 Å². The van der Waals surface area contributed by atoms with Crippen molar-refractivity contribution in [3.8, 4) is 0 Å². The summed E-state index contributed by atoms with van der Waals surface area (Å²) in [6.07, 6.45) is 4.34.